The Morgan fingerprint density at radius 3 is 1.83 bits per heavy atom. The van der Waals surface area contributed by atoms with E-state index in [9.17, 15) is 0 Å². The molecule has 0 radical (unpaired) electrons. The van der Waals surface area contributed by atoms with Crippen LogP contribution in [0, 0.1) is 0 Å². The number of hydrogen-bond acceptors (Lipinski definition) is 4. The molecule has 0 aromatic heterocycles. The maximum Gasteiger partial charge on any atom is 0.180 e. The molecule has 0 spiro atoms. The molecule has 0 atom stereocenters. The van der Waals surface area contributed by atoms with Gasteiger partial charge in [-0.3, -0.25) is 0 Å². The number of allylic oxidation sites excluding steroid dienone is 2. The molecule has 0 saturated carbocycles. The molecule has 0 amide bonds. The van der Waals surface area contributed by atoms with E-state index in [0.29, 0.717) is 0 Å². The third-order valence-electron chi connectivity index (χ3n) is 1.78. The Morgan fingerprint density at radius 2 is 1.39 bits per heavy atom. The van der Waals surface area contributed by atoms with E-state index in [1.165, 1.54) is 12.8 Å². The van der Waals surface area contributed by atoms with Crippen molar-refractivity contribution in [2.45, 2.75) is 13.8 Å². The minimum Gasteiger partial charge on any atom is -0.454 e. The molecule has 4 heteroatoms. The second-order valence-corrected chi connectivity index (χ2v) is 3.20. The smallest absolute Gasteiger partial charge is 0.180 e. The SMILES string of the molecule is C/C=C\O/C=N/c1cccc(/N=C/O/C=C\C)c1. The van der Waals surface area contributed by atoms with Crippen LogP contribution in [0.25, 0.3) is 0 Å². The molecular weight excluding hydrogens is 228 g/mol. The molecule has 1 rings (SSSR count). The van der Waals surface area contributed by atoms with E-state index in [0.717, 1.165) is 11.4 Å². The molecule has 0 N–H and O–H groups in total. The third kappa shape index (κ3) is 5.65. The summed E-state index contributed by atoms with van der Waals surface area (Å²) in [5, 5.41) is 0. The van der Waals surface area contributed by atoms with Gasteiger partial charge < -0.3 is 9.47 Å². The fourth-order valence-electron chi connectivity index (χ4n) is 1.06. The molecule has 0 bridgehead atoms. The lowest BCUT2D eigenvalue weighted by atomic mass is 10.3. The van der Waals surface area contributed by atoms with Crippen LogP contribution in [0.4, 0.5) is 11.4 Å². The summed E-state index contributed by atoms with van der Waals surface area (Å²) in [6.07, 6.45) is 9.42. The van der Waals surface area contributed by atoms with Crippen molar-refractivity contribution in [3.63, 3.8) is 0 Å². The Hall–Kier alpha value is -2.36. The van der Waals surface area contributed by atoms with Gasteiger partial charge in [0.15, 0.2) is 12.8 Å². The third-order valence-corrected chi connectivity index (χ3v) is 1.78. The van der Waals surface area contributed by atoms with Gasteiger partial charge in [-0.15, -0.1) is 0 Å². The summed E-state index contributed by atoms with van der Waals surface area (Å²) >= 11 is 0. The van der Waals surface area contributed by atoms with Crippen LogP contribution >= 0.6 is 0 Å². The number of nitrogens with zero attached hydrogens (tertiary/aromatic N) is 2. The van der Waals surface area contributed by atoms with Crippen LogP contribution in [0.15, 0.2) is 58.9 Å². The van der Waals surface area contributed by atoms with E-state index in [-0.39, 0.29) is 0 Å². The largest absolute Gasteiger partial charge is 0.454 e. The normalized spacial score (nSPS) is 12.1. The average Bonchev–Trinajstić information content (AvgIpc) is 2.40. The Morgan fingerprint density at radius 1 is 0.889 bits per heavy atom. The first-order valence-corrected chi connectivity index (χ1v) is 5.55. The molecule has 0 saturated heterocycles. The van der Waals surface area contributed by atoms with Crippen molar-refractivity contribution in [1.82, 2.24) is 0 Å². The van der Waals surface area contributed by atoms with Gasteiger partial charge in [-0.2, -0.15) is 0 Å². The van der Waals surface area contributed by atoms with Gasteiger partial charge in [0.05, 0.1) is 23.9 Å². The number of rotatable bonds is 6. The van der Waals surface area contributed by atoms with E-state index >= 15 is 0 Å². The number of ether oxygens (including phenoxy) is 2. The monoisotopic (exact) mass is 244 g/mol. The maximum atomic E-state index is 5.00. The minimum absolute atomic E-state index is 0.764. The van der Waals surface area contributed by atoms with Gasteiger partial charge in [-0.25, -0.2) is 9.98 Å². The molecule has 4 nitrogen and oxygen atoms in total. The predicted molar refractivity (Wildman–Crippen MR) is 74.5 cm³/mol. The Kier molecular flexibility index (Phi) is 6.66. The highest BCUT2D eigenvalue weighted by molar-refractivity contribution is 5.62. The van der Waals surface area contributed by atoms with Crippen LogP contribution in [-0.2, 0) is 9.47 Å². The van der Waals surface area contributed by atoms with Gasteiger partial charge >= 0.3 is 0 Å². The summed E-state index contributed by atoms with van der Waals surface area (Å²) in [5.74, 6) is 0. The topological polar surface area (TPSA) is 43.2 Å². The molecule has 18 heavy (non-hydrogen) atoms. The molecule has 0 aliphatic rings. The van der Waals surface area contributed by atoms with Crippen LogP contribution in [0.1, 0.15) is 13.8 Å². The van der Waals surface area contributed by atoms with Crippen LogP contribution in [0.5, 0.6) is 0 Å². The summed E-state index contributed by atoms with van der Waals surface area (Å²) in [6, 6.07) is 7.42. The molecule has 0 heterocycles. The lowest BCUT2D eigenvalue weighted by Crippen LogP contribution is -1.76. The van der Waals surface area contributed by atoms with Crippen molar-refractivity contribution in [3.8, 4) is 0 Å². The second kappa shape index (κ2) is 8.75. The Bertz CT molecular complexity index is 423. The zero-order chi connectivity index (χ0) is 13.1. The summed E-state index contributed by atoms with van der Waals surface area (Å²) in [5.41, 5.74) is 1.53. The summed E-state index contributed by atoms with van der Waals surface area (Å²) < 4.78 is 9.99. The van der Waals surface area contributed by atoms with E-state index in [2.05, 4.69) is 9.98 Å². The van der Waals surface area contributed by atoms with Crippen molar-refractivity contribution in [3.05, 3.63) is 48.9 Å². The highest BCUT2D eigenvalue weighted by Crippen LogP contribution is 2.19. The summed E-state index contributed by atoms with van der Waals surface area (Å²) in [7, 11) is 0. The lowest BCUT2D eigenvalue weighted by Gasteiger charge is -1.96. The van der Waals surface area contributed by atoms with E-state index in [1.54, 1.807) is 24.7 Å². The van der Waals surface area contributed by atoms with E-state index in [4.69, 9.17) is 9.47 Å². The van der Waals surface area contributed by atoms with Gasteiger partial charge in [0.25, 0.3) is 0 Å². The maximum absolute atomic E-state index is 5.00. The van der Waals surface area contributed by atoms with E-state index < -0.39 is 0 Å². The Labute approximate surface area is 107 Å². The number of hydrogen-bond donors (Lipinski definition) is 0. The predicted octanol–water partition coefficient (Wildman–Crippen LogP) is 4.11. The number of benzene rings is 1. The zero-order valence-corrected chi connectivity index (χ0v) is 10.5. The van der Waals surface area contributed by atoms with Crippen LogP contribution in [0.3, 0.4) is 0 Å². The first-order chi connectivity index (χ1) is 8.86. The van der Waals surface area contributed by atoms with Crippen molar-refractivity contribution >= 4 is 24.2 Å². The van der Waals surface area contributed by atoms with Crippen LogP contribution in [0.2, 0.25) is 0 Å². The first-order valence-electron chi connectivity index (χ1n) is 5.55. The van der Waals surface area contributed by atoms with Gasteiger partial charge in [-0.1, -0.05) is 18.2 Å². The van der Waals surface area contributed by atoms with Crippen LogP contribution < -0.4 is 0 Å². The van der Waals surface area contributed by atoms with E-state index in [1.807, 2.05) is 38.1 Å². The first kappa shape index (κ1) is 13.7. The molecule has 94 valence electrons. The fourth-order valence-corrected chi connectivity index (χ4v) is 1.06. The quantitative estimate of drug-likeness (QED) is 0.429. The van der Waals surface area contributed by atoms with Gasteiger partial charge in [0.2, 0.25) is 0 Å². The van der Waals surface area contributed by atoms with Crippen molar-refractivity contribution in [2.24, 2.45) is 9.98 Å². The molecule has 0 fully saturated rings. The summed E-state index contributed by atoms with van der Waals surface area (Å²) in [6.45, 7) is 3.74. The van der Waals surface area contributed by atoms with Gasteiger partial charge in [-0.05, 0) is 32.0 Å². The zero-order valence-electron chi connectivity index (χ0n) is 10.5. The molecule has 0 aliphatic heterocycles. The fraction of sp³-hybridized carbons (Fsp3) is 0.143. The molecule has 0 unspecified atom stereocenters. The molecule has 1 aromatic rings. The summed E-state index contributed by atoms with van der Waals surface area (Å²) in [4.78, 5) is 8.24. The minimum atomic E-state index is 0.764. The van der Waals surface area contributed by atoms with Gasteiger partial charge in [0.1, 0.15) is 0 Å². The lowest BCUT2D eigenvalue weighted by molar-refractivity contribution is 0.493. The van der Waals surface area contributed by atoms with Gasteiger partial charge in [0, 0.05) is 0 Å². The number of aliphatic imine (C=N–C) groups is 2. The standard InChI is InChI=1S/C14H16N2O2/c1-3-8-17-11-15-13-6-5-7-14(10-13)16-12-18-9-4-2/h3-12H,1-2H3/b8-3-,9-4-,15-11+,16-12+. The Balaban J connectivity index is 2.61. The molecular formula is C14H16N2O2. The second-order valence-electron chi connectivity index (χ2n) is 3.20. The highest BCUT2D eigenvalue weighted by atomic mass is 16.5. The highest BCUT2D eigenvalue weighted by Gasteiger charge is 1.91. The van der Waals surface area contributed by atoms with Crippen molar-refractivity contribution < 1.29 is 9.47 Å². The van der Waals surface area contributed by atoms with Crippen LogP contribution in [-0.4, -0.2) is 12.8 Å². The average molecular weight is 244 g/mol. The molecule has 1 aromatic carbocycles. The molecule has 0 aliphatic carbocycles. The van der Waals surface area contributed by atoms with Crippen molar-refractivity contribution in [1.29, 1.82) is 0 Å². The van der Waals surface area contributed by atoms with Crippen molar-refractivity contribution in [2.75, 3.05) is 0 Å².